The molecule has 0 aliphatic heterocycles. The van der Waals surface area contributed by atoms with Crippen LogP contribution in [0.2, 0.25) is 0 Å². The molecule has 1 unspecified atom stereocenters. The van der Waals surface area contributed by atoms with Gasteiger partial charge in [0.15, 0.2) is 0 Å². The minimum atomic E-state index is -0.123. The van der Waals surface area contributed by atoms with Crippen LogP contribution in [0.4, 0.5) is 0 Å². The number of hydrogen-bond donors (Lipinski definition) is 2. The summed E-state index contributed by atoms with van der Waals surface area (Å²) in [6.45, 7) is 0.0461. The Labute approximate surface area is 72.0 Å². The number of hydrogen-bond acceptors (Lipinski definition) is 3. The van der Waals surface area contributed by atoms with Gasteiger partial charge in [0.05, 0.1) is 6.61 Å². The molecule has 0 fully saturated rings. The van der Waals surface area contributed by atoms with Gasteiger partial charge in [0.1, 0.15) is 5.82 Å². The third-order valence-electron chi connectivity index (χ3n) is 1.89. The predicted octanol–water partition coefficient (Wildman–Crippen LogP) is -0.328. The quantitative estimate of drug-likeness (QED) is 0.649. The van der Waals surface area contributed by atoms with E-state index < -0.39 is 0 Å². The number of rotatable bonds is 4. The highest BCUT2D eigenvalue weighted by atomic mass is 16.3. The first-order chi connectivity index (χ1) is 5.74. The van der Waals surface area contributed by atoms with Crippen LogP contribution in [-0.2, 0) is 13.5 Å². The Bertz CT molecular complexity index is 234. The Hall–Kier alpha value is -0.870. The number of imidazole rings is 1. The van der Waals surface area contributed by atoms with Crippen molar-refractivity contribution < 1.29 is 5.11 Å². The summed E-state index contributed by atoms with van der Waals surface area (Å²) in [7, 11) is 1.95. The topological polar surface area (TPSA) is 64.1 Å². The molecule has 1 aromatic heterocycles. The minimum Gasteiger partial charge on any atom is -0.395 e. The normalized spacial score (nSPS) is 13.2. The van der Waals surface area contributed by atoms with E-state index >= 15 is 0 Å². The van der Waals surface area contributed by atoms with Crippen molar-refractivity contribution >= 4 is 0 Å². The molecule has 0 aromatic carbocycles. The molecule has 0 saturated carbocycles. The van der Waals surface area contributed by atoms with Crippen molar-refractivity contribution in [3.63, 3.8) is 0 Å². The highest BCUT2D eigenvalue weighted by molar-refractivity contribution is 4.91. The minimum absolute atomic E-state index is 0.0461. The number of aryl methyl sites for hydroxylation is 2. The van der Waals surface area contributed by atoms with Crippen LogP contribution in [-0.4, -0.2) is 27.3 Å². The van der Waals surface area contributed by atoms with E-state index in [1.807, 2.05) is 17.8 Å². The summed E-state index contributed by atoms with van der Waals surface area (Å²) >= 11 is 0. The van der Waals surface area contributed by atoms with Gasteiger partial charge in [0.2, 0.25) is 0 Å². The fourth-order valence-corrected chi connectivity index (χ4v) is 1.04. The number of aliphatic hydroxyl groups is 1. The van der Waals surface area contributed by atoms with Gasteiger partial charge in [-0.15, -0.1) is 0 Å². The zero-order valence-corrected chi connectivity index (χ0v) is 7.27. The lowest BCUT2D eigenvalue weighted by molar-refractivity contribution is 0.259. The summed E-state index contributed by atoms with van der Waals surface area (Å²) in [6, 6.07) is -0.123. The summed E-state index contributed by atoms with van der Waals surface area (Å²) in [6.07, 6.45) is 5.27. The lowest BCUT2D eigenvalue weighted by Crippen LogP contribution is -2.25. The third-order valence-corrected chi connectivity index (χ3v) is 1.89. The maximum atomic E-state index is 8.68. The molecule has 0 amide bonds. The molecule has 0 radical (unpaired) electrons. The predicted molar refractivity (Wildman–Crippen MR) is 46.6 cm³/mol. The van der Waals surface area contributed by atoms with E-state index in [9.17, 15) is 0 Å². The van der Waals surface area contributed by atoms with E-state index in [1.54, 1.807) is 6.20 Å². The molecule has 1 aromatic rings. The van der Waals surface area contributed by atoms with Crippen LogP contribution in [0.25, 0.3) is 0 Å². The Morgan fingerprint density at radius 1 is 1.75 bits per heavy atom. The van der Waals surface area contributed by atoms with E-state index in [4.69, 9.17) is 10.8 Å². The van der Waals surface area contributed by atoms with Crippen molar-refractivity contribution in [3.8, 4) is 0 Å². The van der Waals surface area contributed by atoms with E-state index in [2.05, 4.69) is 4.98 Å². The summed E-state index contributed by atoms with van der Waals surface area (Å²) < 4.78 is 1.96. The highest BCUT2D eigenvalue weighted by Crippen LogP contribution is 2.00. The molecule has 1 atom stereocenters. The second-order valence-electron chi connectivity index (χ2n) is 2.94. The van der Waals surface area contributed by atoms with E-state index in [-0.39, 0.29) is 12.6 Å². The van der Waals surface area contributed by atoms with Crippen molar-refractivity contribution in [1.82, 2.24) is 9.55 Å². The molecular formula is C8H15N3O. The first kappa shape index (κ1) is 9.22. The average Bonchev–Trinajstić information content (AvgIpc) is 2.47. The molecule has 12 heavy (non-hydrogen) atoms. The van der Waals surface area contributed by atoms with E-state index in [1.165, 1.54) is 0 Å². The van der Waals surface area contributed by atoms with Gasteiger partial charge < -0.3 is 15.4 Å². The van der Waals surface area contributed by atoms with Crippen molar-refractivity contribution in [1.29, 1.82) is 0 Å². The summed E-state index contributed by atoms with van der Waals surface area (Å²) in [5.74, 6) is 1.01. The smallest absolute Gasteiger partial charge is 0.108 e. The first-order valence-electron chi connectivity index (χ1n) is 4.06. The van der Waals surface area contributed by atoms with E-state index in [0.717, 1.165) is 18.7 Å². The van der Waals surface area contributed by atoms with Crippen LogP contribution in [0, 0.1) is 0 Å². The SMILES string of the molecule is Cn1ccnc1CCC(N)CO. The van der Waals surface area contributed by atoms with E-state index in [0.29, 0.717) is 0 Å². The number of aliphatic hydroxyl groups excluding tert-OH is 1. The molecule has 0 spiro atoms. The fraction of sp³-hybridized carbons (Fsp3) is 0.625. The maximum absolute atomic E-state index is 8.68. The largest absolute Gasteiger partial charge is 0.395 e. The Morgan fingerprint density at radius 2 is 2.50 bits per heavy atom. The zero-order valence-electron chi connectivity index (χ0n) is 7.27. The van der Waals surface area contributed by atoms with Crippen LogP contribution >= 0.6 is 0 Å². The number of nitrogens with two attached hydrogens (primary N) is 1. The van der Waals surface area contributed by atoms with Gasteiger partial charge in [-0.2, -0.15) is 0 Å². The van der Waals surface area contributed by atoms with Crippen LogP contribution in [0.15, 0.2) is 12.4 Å². The van der Waals surface area contributed by atoms with Gasteiger partial charge in [0, 0.05) is 31.9 Å². The fourth-order valence-electron chi connectivity index (χ4n) is 1.04. The lowest BCUT2D eigenvalue weighted by Gasteiger charge is -2.06. The van der Waals surface area contributed by atoms with Crippen molar-refractivity contribution in [2.24, 2.45) is 12.8 Å². The van der Waals surface area contributed by atoms with Gasteiger partial charge in [-0.1, -0.05) is 0 Å². The first-order valence-corrected chi connectivity index (χ1v) is 4.06. The Morgan fingerprint density at radius 3 is 3.00 bits per heavy atom. The van der Waals surface area contributed by atoms with Gasteiger partial charge >= 0.3 is 0 Å². The zero-order chi connectivity index (χ0) is 8.97. The Balaban J connectivity index is 2.38. The lowest BCUT2D eigenvalue weighted by atomic mass is 10.2. The molecule has 0 aliphatic carbocycles. The molecule has 4 nitrogen and oxygen atoms in total. The highest BCUT2D eigenvalue weighted by Gasteiger charge is 2.03. The number of nitrogens with zero attached hydrogens (tertiary/aromatic N) is 2. The van der Waals surface area contributed by atoms with Crippen molar-refractivity contribution in [2.75, 3.05) is 6.61 Å². The average molecular weight is 169 g/mol. The summed E-state index contributed by atoms with van der Waals surface area (Å²) in [5, 5.41) is 8.68. The molecule has 68 valence electrons. The second-order valence-corrected chi connectivity index (χ2v) is 2.94. The van der Waals surface area contributed by atoms with Crippen LogP contribution in [0.1, 0.15) is 12.2 Å². The van der Waals surface area contributed by atoms with Gasteiger partial charge in [0.25, 0.3) is 0 Å². The molecule has 4 heteroatoms. The molecule has 1 heterocycles. The number of aromatic nitrogens is 2. The Kier molecular flexibility index (Phi) is 3.25. The van der Waals surface area contributed by atoms with Gasteiger partial charge in [-0.05, 0) is 6.42 Å². The van der Waals surface area contributed by atoms with Crippen LogP contribution < -0.4 is 5.73 Å². The summed E-state index contributed by atoms with van der Waals surface area (Å²) in [4.78, 5) is 4.15. The standard InChI is InChI=1S/C8H15N3O/c1-11-5-4-10-8(11)3-2-7(9)6-12/h4-5,7,12H,2-3,6,9H2,1H3. The summed E-state index contributed by atoms with van der Waals surface area (Å²) in [5.41, 5.74) is 5.55. The van der Waals surface area contributed by atoms with Gasteiger partial charge in [-0.3, -0.25) is 0 Å². The molecule has 3 N–H and O–H groups in total. The monoisotopic (exact) mass is 169 g/mol. The second kappa shape index (κ2) is 4.23. The van der Waals surface area contributed by atoms with Crippen LogP contribution in [0.3, 0.4) is 0 Å². The van der Waals surface area contributed by atoms with Crippen molar-refractivity contribution in [3.05, 3.63) is 18.2 Å². The molecule has 0 aliphatic rings. The maximum Gasteiger partial charge on any atom is 0.108 e. The van der Waals surface area contributed by atoms with Gasteiger partial charge in [-0.25, -0.2) is 4.98 Å². The van der Waals surface area contributed by atoms with Crippen molar-refractivity contribution in [2.45, 2.75) is 18.9 Å². The molecule has 0 saturated heterocycles. The molecule has 0 bridgehead atoms. The molecule has 1 rings (SSSR count). The van der Waals surface area contributed by atoms with Crippen LogP contribution in [0.5, 0.6) is 0 Å². The third kappa shape index (κ3) is 2.32. The molecular weight excluding hydrogens is 154 g/mol.